The van der Waals surface area contributed by atoms with Crippen LogP contribution in [0.1, 0.15) is 15.9 Å². The molecule has 0 atom stereocenters. The van der Waals surface area contributed by atoms with Gasteiger partial charge in [0.25, 0.3) is 5.91 Å². The van der Waals surface area contributed by atoms with Gasteiger partial charge in [0.2, 0.25) is 5.89 Å². The van der Waals surface area contributed by atoms with E-state index in [1.54, 1.807) is 30.5 Å². The summed E-state index contributed by atoms with van der Waals surface area (Å²) in [5, 5.41) is 0. The van der Waals surface area contributed by atoms with Crippen LogP contribution < -0.4 is 5.73 Å². The fourth-order valence-electron chi connectivity index (χ4n) is 2.31. The molecular weight excluding hydrogens is 320 g/mol. The number of carbonyl (C=O) groups excluding carboxylic acids is 2. The molecule has 0 aliphatic heterocycles. The number of nitrogens with two attached hydrogens (primary N) is 1. The highest BCUT2D eigenvalue weighted by Gasteiger charge is 2.18. The lowest BCUT2D eigenvalue weighted by atomic mass is 10.1. The molecule has 0 saturated carbocycles. The number of aromatic nitrogens is 1. The van der Waals surface area contributed by atoms with Crippen molar-refractivity contribution in [1.82, 2.24) is 4.98 Å². The number of rotatable bonds is 5. The third-order valence-electron chi connectivity index (χ3n) is 3.56. The molecule has 0 saturated heterocycles. The summed E-state index contributed by atoms with van der Waals surface area (Å²) >= 11 is 0. The molecule has 25 heavy (non-hydrogen) atoms. The molecule has 6 heteroatoms. The summed E-state index contributed by atoms with van der Waals surface area (Å²) in [4.78, 5) is 27.2. The number of carbonyl (C=O) groups is 2. The molecular formula is C19H16N2O4. The van der Waals surface area contributed by atoms with Crippen LogP contribution in [0.5, 0.6) is 0 Å². The number of hydrogen-bond acceptors (Lipinski definition) is 5. The van der Waals surface area contributed by atoms with E-state index in [9.17, 15) is 9.59 Å². The summed E-state index contributed by atoms with van der Waals surface area (Å²) in [5.74, 6) is -0.495. The molecule has 1 heterocycles. The maximum atomic E-state index is 12.2. The Hall–Kier alpha value is -3.41. The Bertz CT molecular complexity index is 913. The van der Waals surface area contributed by atoms with Crippen molar-refractivity contribution in [2.24, 2.45) is 5.73 Å². The molecule has 0 unspecified atom stereocenters. The van der Waals surface area contributed by atoms with Crippen molar-refractivity contribution in [2.45, 2.75) is 6.92 Å². The summed E-state index contributed by atoms with van der Waals surface area (Å²) in [5.41, 5.74) is 7.76. The topological polar surface area (TPSA) is 95.4 Å². The van der Waals surface area contributed by atoms with E-state index >= 15 is 0 Å². The molecule has 0 aliphatic carbocycles. The van der Waals surface area contributed by atoms with Crippen molar-refractivity contribution in [2.75, 3.05) is 6.61 Å². The third kappa shape index (κ3) is 3.74. The van der Waals surface area contributed by atoms with Gasteiger partial charge in [-0.15, -0.1) is 0 Å². The first-order chi connectivity index (χ1) is 12.0. The van der Waals surface area contributed by atoms with Crippen LogP contribution in [-0.4, -0.2) is 23.5 Å². The second-order valence-corrected chi connectivity index (χ2v) is 5.48. The minimum atomic E-state index is -0.719. The van der Waals surface area contributed by atoms with Crippen LogP contribution in [0.15, 0.2) is 59.1 Å². The van der Waals surface area contributed by atoms with Crippen LogP contribution in [0.25, 0.3) is 22.8 Å². The fourth-order valence-corrected chi connectivity index (χ4v) is 2.31. The number of amides is 1. The summed E-state index contributed by atoms with van der Waals surface area (Å²) in [6.07, 6.45) is 1.60. The Kier molecular flexibility index (Phi) is 4.61. The Morgan fingerprint density at radius 2 is 1.84 bits per heavy atom. The lowest BCUT2D eigenvalue weighted by Gasteiger charge is -2.06. The van der Waals surface area contributed by atoms with Crippen molar-refractivity contribution >= 4 is 11.9 Å². The molecule has 0 radical (unpaired) electrons. The van der Waals surface area contributed by atoms with E-state index in [0.29, 0.717) is 17.2 Å². The van der Waals surface area contributed by atoms with E-state index in [4.69, 9.17) is 14.9 Å². The van der Waals surface area contributed by atoms with E-state index in [-0.39, 0.29) is 5.56 Å². The van der Waals surface area contributed by atoms with Crippen LogP contribution in [0.3, 0.4) is 0 Å². The van der Waals surface area contributed by atoms with Crippen LogP contribution in [0, 0.1) is 6.92 Å². The quantitative estimate of drug-likeness (QED) is 0.723. The van der Waals surface area contributed by atoms with Crippen LogP contribution in [-0.2, 0) is 9.53 Å². The van der Waals surface area contributed by atoms with Crippen molar-refractivity contribution in [3.05, 3.63) is 65.9 Å². The minimum absolute atomic E-state index is 0.251. The summed E-state index contributed by atoms with van der Waals surface area (Å²) in [6, 6.07) is 14.6. The molecule has 1 aromatic heterocycles. The molecule has 3 aromatic rings. The molecule has 2 aromatic carbocycles. The van der Waals surface area contributed by atoms with Crippen LogP contribution in [0.2, 0.25) is 0 Å². The highest BCUT2D eigenvalue weighted by molar-refractivity contribution is 5.97. The zero-order valence-corrected chi connectivity index (χ0v) is 13.6. The highest BCUT2D eigenvalue weighted by atomic mass is 16.5. The molecule has 0 bridgehead atoms. The molecule has 126 valence electrons. The molecule has 2 N–H and O–H groups in total. The number of oxazole rings is 1. The lowest BCUT2D eigenvalue weighted by molar-refractivity contribution is -0.121. The predicted octanol–water partition coefficient (Wildman–Crippen LogP) is 2.96. The molecule has 6 nitrogen and oxygen atoms in total. The Morgan fingerprint density at radius 3 is 2.56 bits per heavy atom. The van der Waals surface area contributed by atoms with Crippen molar-refractivity contribution in [3.63, 3.8) is 0 Å². The zero-order valence-electron chi connectivity index (χ0n) is 13.6. The summed E-state index contributed by atoms with van der Waals surface area (Å²) in [6.45, 7) is 1.52. The summed E-state index contributed by atoms with van der Waals surface area (Å²) in [7, 11) is 0. The predicted molar refractivity (Wildman–Crippen MR) is 91.6 cm³/mol. The van der Waals surface area contributed by atoms with E-state index in [1.165, 1.54) is 0 Å². The first kappa shape index (κ1) is 16.4. The van der Waals surface area contributed by atoms with Gasteiger partial charge in [0.05, 0.1) is 17.3 Å². The molecule has 1 amide bonds. The van der Waals surface area contributed by atoms with Gasteiger partial charge in [-0.1, -0.05) is 42.0 Å². The highest BCUT2D eigenvalue weighted by Crippen LogP contribution is 2.28. The third-order valence-corrected chi connectivity index (χ3v) is 3.56. The van der Waals surface area contributed by atoms with Crippen LogP contribution in [0.4, 0.5) is 0 Å². The average Bonchev–Trinajstić information content (AvgIpc) is 3.10. The Labute approximate surface area is 144 Å². The van der Waals surface area contributed by atoms with Crippen LogP contribution >= 0.6 is 0 Å². The maximum Gasteiger partial charge on any atom is 0.339 e. The molecule has 0 fully saturated rings. The Morgan fingerprint density at radius 1 is 1.12 bits per heavy atom. The van der Waals surface area contributed by atoms with E-state index in [2.05, 4.69) is 4.98 Å². The molecule has 0 spiro atoms. The van der Waals surface area contributed by atoms with E-state index in [1.807, 2.05) is 31.2 Å². The normalized spacial score (nSPS) is 10.4. The number of nitrogens with zero attached hydrogens (tertiary/aromatic N) is 1. The van der Waals surface area contributed by atoms with Gasteiger partial charge in [0, 0.05) is 5.56 Å². The number of primary amides is 1. The first-order valence-electron chi connectivity index (χ1n) is 7.62. The second-order valence-electron chi connectivity index (χ2n) is 5.48. The van der Waals surface area contributed by atoms with Gasteiger partial charge >= 0.3 is 5.97 Å². The van der Waals surface area contributed by atoms with Gasteiger partial charge in [-0.05, 0) is 19.1 Å². The number of benzene rings is 2. The average molecular weight is 336 g/mol. The van der Waals surface area contributed by atoms with Gasteiger partial charge in [-0.25, -0.2) is 9.78 Å². The van der Waals surface area contributed by atoms with E-state index in [0.717, 1.165) is 11.1 Å². The number of hydrogen-bond donors (Lipinski definition) is 1. The lowest BCUT2D eigenvalue weighted by Crippen LogP contribution is -2.21. The number of esters is 1. The van der Waals surface area contributed by atoms with Gasteiger partial charge in [-0.2, -0.15) is 0 Å². The Balaban J connectivity index is 1.91. The van der Waals surface area contributed by atoms with Gasteiger partial charge in [-0.3, -0.25) is 4.79 Å². The van der Waals surface area contributed by atoms with Gasteiger partial charge < -0.3 is 14.9 Å². The van der Waals surface area contributed by atoms with Crippen molar-refractivity contribution in [3.8, 4) is 22.8 Å². The van der Waals surface area contributed by atoms with Gasteiger partial charge in [0.1, 0.15) is 0 Å². The molecule has 0 aliphatic rings. The standard InChI is InChI=1S/C19H16N2O4/c1-12-6-8-13(9-7-12)16-10-21-18(25-16)14-4-2-3-5-15(14)19(23)24-11-17(20)22/h2-10H,11H2,1H3,(H2,20,22). The number of ether oxygens (including phenoxy) is 1. The smallest absolute Gasteiger partial charge is 0.339 e. The minimum Gasteiger partial charge on any atom is -0.452 e. The largest absolute Gasteiger partial charge is 0.452 e. The van der Waals surface area contributed by atoms with E-state index < -0.39 is 18.5 Å². The van der Waals surface area contributed by atoms with Crippen molar-refractivity contribution in [1.29, 1.82) is 0 Å². The maximum absolute atomic E-state index is 12.2. The first-order valence-corrected chi connectivity index (χ1v) is 7.62. The molecule has 3 rings (SSSR count). The zero-order chi connectivity index (χ0) is 17.8. The fraction of sp³-hybridized carbons (Fsp3) is 0.105. The number of aryl methyl sites for hydroxylation is 1. The van der Waals surface area contributed by atoms with Gasteiger partial charge in [0.15, 0.2) is 12.4 Å². The second kappa shape index (κ2) is 7.00. The SMILES string of the molecule is Cc1ccc(-c2cnc(-c3ccccc3C(=O)OCC(N)=O)o2)cc1. The van der Waals surface area contributed by atoms with Crippen molar-refractivity contribution < 1.29 is 18.7 Å². The monoisotopic (exact) mass is 336 g/mol. The summed E-state index contributed by atoms with van der Waals surface area (Å²) < 4.78 is 10.7.